The number of aromatic nitrogens is 1. The molecule has 1 amide bonds. The molecular formula is C16H26N4O4S3. The molecule has 2 heterocycles. The lowest BCUT2D eigenvalue weighted by Gasteiger charge is -2.35. The van der Waals surface area contributed by atoms with Crippen molar-refractivity contribution in [1.82, 2.24) is 19.5 Å². The van der Waals surface area contributed by atoms with E-state index in [4.69, 9.17) is 5.21 Å². The van der Waals surface area contributed by atoms with Crippen LogP contribution in [0.2, 0.25) is 0 Å². The third-order valence-corrected chi connectivity index (χ3v) is 8.77. The fourth-order valence-electron chi connectivity index (χ4n) is 2.72. The highest BCUT2D eigenvalue weighted by Gasteiger charge is 2.40. The van der Waals surface area contributed by atoms with Gasteiger partial charge in [0, 0.05) is 40.4 Å². The van der Waals surface area contributed by atoms with Gasteiger partial charge >= 0.3 is 0 Å². The van der Waals surface area contributed by atoms with Gasteiger partial charge in [-0.3, -0.25) is 15.0 Å². The Kier molecular flexibility index (Phi) is 7.95. The summed E-state index contributed by atoms with van der Waals surface area (Å²) in [6, 6.07) is 2.79. The maximum absolute atomic E-state index is 12.8. The molecule has 0 bridgehead atoms. The number of hydroxylamine groups is 1. The highest BCUT2D eigenvalue weighted by atomic mass is 32.2. The van der Waals surface area contributed by atoms with Crippen molar-refractivity contribution in [3.63, 3.8) is 0 Å². The number of hydrogen-bond donors (Lipinski definition) is 3. The zero-order valence-corrected chi connectivity index (χ0v) is 18.0. The van der Waals surface area contributed by atoms with E-state index in [0.717, 1.165) is 17.7 Å². The number of carbonyl (C=O) groups excluding carboxylic acids is 1. The fourth-order valence-corrected chi connectivity index (χ4v) is 5.84. The summed E-state index contributed by atoms with van der Waals surface area (Å²) >= 11 is 3.07. The highest BCUT2D eigenvalue weighted by Crippen LogP contribution is 2.31. The normalized spacial score (nSPS) is 18.2. The number of nitrogens with zero attached hydrogens (tertiary/aromatic N) is 2. The molecule has 8 nitrogen and oxygen atoms in total. The first kappa shape index (κ1) is 22.4. The number of hydrogen-bond acceptors (Lipinski definition) is 7. The molecule has 1 atom stereocenters. The molecule has 11 heteroatoms. The van der Waals surface area contributed by atoms with Crippen LogP contribution in [0.25, 0.3) is 0 Å². The summed E-state index contributed by atoms with van der Waals surface area (Å²) in [5.74, 6) is -0.777. The Labute approximate surface area is 169 Å². The van der Waals surface area contributed by atoms with Crippen molar-refractivity contribution in [3.8, 4) is 0 Å². The number of amides is 1. The van der Waals surface area contributed by atoms with Crippen molar-refractivity contribution < 1.29 is 18.4 Å². The lowest BCUT2D eigenvalue weighted by molar-refractivity contribution is -0.131. The Morgan fingerprint density at radius 2 is 1.93 bits per heavy atom. The van der Waals surface area contributed by atoms with Gasteiger partial charge in [-0.15, -0.1) is 11.8 Å². The van der Waals surface area contributed by atoms with Crippen molar-refractivity contribution in [1.29, 1.82) is 0 Å². The van der Waals surface area contributed by atoms with Gasteiger partial charge in [0.1, 0.15) is 6.04 Å². The monoisotopic (exact) mass is 434 g/mol. The lowest BCUT2D eigenvalue weighted by Crippen LogP contribution is -2.59. The minimum Gasteiger partial charge on any atom is -0.289 e. The van der Waals surface area contributed by atoms with Crippen molar-refractivity contribution in [2.75, 3.05) is 19.3 Å². The molecule has 1 saturated heterocycles. The van der Waals surface area contributed by atoms with Gasteiger partial charge in [-0.05, 0) is 45.1 Å². The summed E-state index contributed by atoms with van der Waals surface area (Å²) in [4.78, 5) is 17.1. The molecule has 27 heavy (non-hydrogen) atoms. The van der Waals surface area contributed by atoms with E-state index in [1.807, 2.05) is 12.1 Å². The molecule has 3 N–H and O–H groups in total. The highest BCUT2D eigenvalue weighted by molar-refractivity contribution is 8.00. The average Bonchev–Trinajstić information content (AvgIpc) is 2.66. The van der Waals surface area contributed by atoms with Gasteiger partial charge < -0.3 is 0 Å². The summed E-state index contributed by atoms with van der Waals surface area (Å²) in [6.07, 6.45) is 6.71. The van der Waals surface area contributed by atoms with Gasteiger partial charge in [0.05, 0.1) is 0 Å². The van der Waals surface area contributed by atoms with Crippen LogP contribution >= 0.6 is 23.5 Å². The van der Waals surface area contributed by atoms with E-state index < -0.39 is 26.9 Å². The number of piperidine rings is 1. The SMILES string of the molecule is CSC(C)(C)[C@H](NS(=O)(=O)N1CCC(Sc2ccncc2)CC1)C(=O)NO. The second-order valence-electron chi connectivity index (χ2n) is 6.74. The molecule has 0 spiro atoms. The Bertz CT molecular complexity index is 722. The van der Waals surface area contributed by atoms with E-state index >= 15 is 0 Å². The summed E-state index contributed by atoms with van der Waals surface area (Å²) in [5.41, 5.74) is 1.56. The first-order valence-electron chi connectivity index (χ1n) is 8.53. The van der Waals surface area contributed by atoms with Gasteiger partial charge in [0.2, 0.25) is 0 Å². The van der Waals surface area contributed by atoms with E-state index in [1.54, 1.807) is 49.7 Å². The van der Waals surface area contributed by atoms with Gasteiger partial charge in [-0.25, -0.2) is 5.48 Å². The Balaban J connectivity index is 1.99. The Hall–Kier alpha value is -0.850. The van der Waals surface area contributed by atoms with Crippen LogP contribution in [0, 0.1) is 0 Å². The van der Waals surface area contributed by atoms with Crippen LogP contribution in [0.1, 0.15) is 26.7 Å². The van der Waals surface area contributed by atoms with Crippen LogP contribution in [0.4, 0.5) is 0 Å². The van der Waals surface area contributed by atoms with E-state index in [0.29, 0.717) is 18.3 Å². The molecule has 0 unspecified atom stereocenters. The predicted octanol–water partition coefficient (Wildman–Crippen LogP) is 1.49. The maximum atomic E-state index is 12.8. The minimum absolute atomic E-state index is 0.332. The largest absolute Gasteiger partial charge is 0.289 e. The van der Waals surface area contributed by atoms with Crippen molar-refractivity contribution in [2.24, 2.45) is 0 Å². The molecule has 2 rings (SSSR count). The topological polar surface area (TPSA) is 112 Å². The van der Waals surface area contributed by atoms with Gasteiger partial charge in [-0.1, -0.05) is 0 Å². The number of thioether (sulfide) groups is 2. The molecular weight excluding hydrogens is 408 g/mol. The van der Waals surface area contributed by atoms with Gasteiger partial charge in [0.25, 0.3) is 16.1 Å². The minimum atomic E-state index is -3.85. The third kappa shape index (κ3) is 6.06. The van der Waals surface area contributed by atoms with Crippen molar-refractivity contribution in [3.05, 3.63) is 24.5 Å². The molecule has 0 radical (unpaired) electrons. The number of nitrogens with one attached hydrogen (secondary N) is 2. The van der Waals surface area contributed by atoms with Crippen LogP contribution in [0.3, 0.4) is 0 Å². The molecule has 1 aliphatic heterocycles. The molecule has 0 aromatic carbocycles. The number of pyridine rings is 1. The van der Waals surface area contributed by atoms with Crippen LogP contribution in [-0.2, 0) is 15.0 Å². The lowest BCUT2D eigenvalue weighted by atomic mass is 10.0. The van der Waals surface area contributed by atoms with Gasteiger partial charge in [0.15, 0.2) is 0 Å². The van der Waals surface area contributed by atoms with Crippen LogP contribution in [0.15, 0.2) is 29.4 Å². The summed E-state index contributed by atoms with van der Waals surface area (Å²) in [7, 11) is -3.85. The molecule has 1 aromatic heterocycles. The van der Waals surface area contributed by atoms with Gasteiger partial charge in [-0.2, -0.15) is 29.2 Å². The number of carbonyl (C=O) groups is 1. The Morgan fingerprint density at radius 3 is 2.44 bits per heavy atom. The summed E-state index contributed by atoms with van der Waals surface area (Å²) in [6.45, 7) is 4.26. The second-order valence-corrected chi connectivity index (χ2v) is 11.3. The first-order chi connectivity index (χ1) is 12.7. The number of rotatable bonds is 8. The summed E-state index contributed by atoms with van der Waals surface area (Å²) < 4.78 is 28.6. The predicted molar refractivity (Wildman–Crippen MR) is 108 cm³/mol. The van der Waals surface area contributed by atoms with E-state index in [-0.39, 0.29) is 0 Å². The average molecular weight is 435 g/mol. The van der Waals surface area contributed by atoms with Crippen molar-refractivity contribution >= 4 is 39.6 Å². The second kappa shape index (κ2) is 9.57. The molecule has 0 aliphatic carbocycles. The van der Waals surface area contributed by atoms with Crippen LogP contribution < -0.4 is 10.2 Å². The van der Waals surface area contributed by atoms with Crippen molar-refractivity contribution in [2.45, 2.75) is 47.6 Å². The molecule has 152 valence electrons. The molecule has 1 fully saturated rings. The molecule has 1 aliphatic rings. The molecule has 0 saturated carbocycles. The quantitative estimate of drug-likeness (QED) is 0.420. The smallest absolute Gasteiger partial charge is 0.280 e. The Morgan fingerprint density at radius 1 is 1.33 bits per heavy atom. The standard InChI is InChI=1S/C16H26N4O4S3/c1-16(2,25-3)14(15(21)18-22)19-27(23,24)20-10-6-13(7-11-20)26-12-4-8-17-9-5-12/h4-5,8-9,13-14,19,22H,6-7,10-11H2,1-3H3,(H,18,21)/t14-/m1/s1. The summed E-state index contributed by atoms with van der Waals surface area (Å²) in [5, 5.41) is 9.31. The first-order valence-corrected chi connectivity index (χ1v) is 12.1. The van der Waals surface area contributed by atoms with Crippen LogP contribution in [0.5, 0.6) is 0 Å². The zero-order chi connectivity index (χ0) is 20.1. The van der Waals surface area contributed by atoms with E-state index in [2.05, 4.69) is 9.71 Å². The van der Waals surface area contributed by atoms with E-state index in [1.165, 1.54) is 16.1 Å². The third-order valence-electron chi connectivity index (χ3n) is 4.55. The maximum Gasteiger partial charge on any atom is 0.280 e. The molecule has 1 aromatic rings. The zero-order valence-electron chi connectivity index (χ0n) is 15.6. The van der Waals surface area contributed by atoms with E-state index in [9.17, 15) is 13.2 Å². The fraction of sp³-hybridized carbons (Fsp3) is 0.625. The van der Waals surface area contributed by atoms with Crippen LogP contribution in [-0.4, -0.2) is 64.2 Å².